The fourth-order valence-electron chi connectivity index (χ4n) is 4.51. The third-order valence-corrected chi connectivity index (χ3v) is 8.01. The maximum absolute atomic E-state index is 13.6. The normalized spacial score (nSPS) is 17.9. The van der Waals surface area contributed by atoms with E-state index in [4.69, 9.17) is 14.2 Å². The van der Waals surface area contributed by atoms with Crippen LogP contribution in [0.15, 0.2) is 24.3 Å². The Hall–Kier alpha value is -3.25. The zero-order valence-electron chi connectivity index (χ0n) is 24.5. The quantitative estimate of drug-likeness (QED) is 0.505. The maximum atomic E-state index is 13.6. The minimum Gasteiger partial charge on any atom is -0.489 e. The summed E-state index contributed by atoms with van der Waals surface area (Å²) >= 11 is 0. The Morgan fingerprint density at radius 1 is 1.20 bits per heavy atom. The number of amides is 3. The second-order valence-electron chi connectivity index (χ2n) is 12.0. The summed E-state index contributed by atoms with van der Waals surface area (Å²) in [6.07, 6.45) is 6.73. The van der Waals surface area contributed by atoms with Crippen LogP contribution in [0.4, 0.5) is 10.5 Å². The summed E-state index contributed by atoms with van der Waals surface area (Å²) in [5.74, 6) is 0.714. The number of ether oxygens (including phenoxy) is 3. The summed E-state index contributed by atoms with van der Waals surface area (Å²) in [5, 5.41) is 7.43. The monoisotopic (exact) mass is 575 g/mol. The molecule has 0 aliphatic carbocycles. The lowest BCUT2D eigenvalue weighted by Crippen LogP contribution is -2.49. The lowest BCUT2D eigenvalue weighted by atomic mass is 10.0. The van der Waals surface area contributed by atoms with Crippen LogP contribution in [-0.2, 0) is 34.0 Å². The Kier molecular flexibility index (Phi) is 8.69. The summed E-state index contributed by atoms with van der Waals surface area (Å²) in [4.78, 5) is 42.7. The number of benzene rings is 1. The molecule has 11 nitrogen and oxygen atoms in total. The molecule has 1 aromatic heterocycles. The lowest BCUT2D eigenvalue weighted by molar-refractivity contribution is -0.120. The van der Waals surface area contributed by atoms with Gasteiger partial charge < -0.3 is 29.3 Å². The topological polar surface area (TPSA) is 115 Å². The van der Waals surface area contributed by atoms with Crippen molar-refractivity contribution in [1.82, 2.24) is 20.0 Å². The largest absolute Gasteiger partial charge is 0.489 e. The molecule has 0 spiro atoms. The molecule has 0 bridgehead atoms. The van der Waals surface area contributed by atoms with Gasteiger partial charge in [0.15, 0.2) is 5.69 Å². The SMILES string of the molecule is CN1C(=O)[C@@H](NC(=O)c2nn(COCCS(C)(C)C)c3c2CN(C(=O)OC(C)(C)C)CC3)COc2ccccc21. The molecule has 3 amide bonds. The van der Waals surface area contributed by atoms with Crippen molar-refractivity contribution < 1.29 is 28.6 Å². The van der Waals surface area contributed by atoms with Crippen LogP contribution in [0.3, 0.4) is 0 Å². The molecule has 1 N–H and O–H groups in total. The third-order valence-electron chi connectivity index (χ3n) is 6.62. The average Bonchev–Trinajstić information content (AvgIpc) is 3.19. The molecule has 0 radical (unpaired) electrons. The molecular formula is C28H41N5O6S. The molecule has 220 valence electrons. The molecule has 0 saturated heterocycles. The van der Waals surface area contributed by atoms with E-state index in [0.717, 1.165) is 11.4 Å². The molecule has 3 heterocycles. The molecule has 2 aliphatic heterocycles. The van der Waals surface area contributed by atoms with Crippen LogP contribution in [0.25, 0.3) is 0 Å². The highest BCUT2D eigenvalue weighted by molar-refractivity contribution is 8.32. The minimum absolute atomic E-state index is 0.0168. The van der Waals surface area contributed by atoms with Crippen LogP contribution < -0.4 is 15.0 Å². The second-order valence-corrected chi connectivity index (χ2v) is 16.5. The van der Waals surface area contributed by atoms with Gasteiger partial charge in [-0.25, -0.2) is 19.5 Å². The Labute approximate surface area is 237 Å². The Morgan fingerprint density at radius 3 is 2.62 bits per heavy atom. The molecule has 2 aromatic rings. The number of likely N-dealkylation sites (N-methyl/N-ethyl adjacent to an activating group) is 1. The molecule has 0 unspecified atom stereocenters. The highest BCUT2D eigenvalue weighted by Gasteiger charge is 2.35. The van der Waals surface area contributed by atoms with Crippen molar-refractivity contribution in [3.05, 3.63) is 41.2 Å². The summed E-state index contributed by atoms with van der Waals surface area (Å²) in [7, 11) is 0.944. The molecule has 12 heteroatoms. The lowest BCUT2D eigenvalue weighted by Gasteiger charge is -2.30. The predicted molar refractivity (Wildman–Crippen MR) is 155 cm³/mol. The number of nitrogens with one attached hydrogen (secondary N) is 1. The number of anilines is 1. The van der Waals surface area contributed by atoms with Crippen LogP contribution in [0.2, 0.25) is 0 Å². The van der Waals surface area contributed by atoms with Crippen molar-refractivity contribution in [2.45, 2.75) is 52.1 Å². The van der Waals surface area contributed by atoms with Gasteiger partial charge in [-0.15, -0.1) is 0 Å². The highest BCUT2D eigenvalue weighted by Crippen LogP contribution is 2.34. The van der Waals surface area contributed by atoms with Gasteiger partial charge in [-0.1, -0.05) is 12.1 Å². The van der Waals surface area contributed by atoms with Crippen LogP contribution in [0, 0.1) is 0 Å². The number of carbonyl (C=O) groups excluding carboxylic acids is 3. The maximum Gasteiger partial charge on any atom is 0.410 e. The standard InChI is InChI=1S/C28H41N5O6S/c1-28(2,3)39-27(36)32-13-12-21-19(16-32)24(30-33(21)18-37-14-15-40(5,6)7)25(34)29-20-17-38-23-11-9-8-10-22(23)31(4)26(20)35/h8-11,20H,12-18H2,1-7H3,(H,29,34)/t20-/m0/s1. The van der Waals surface area contributed by atoms with Gasteiger partial charge in [0.1, 0.15) is 30.7 Å². The van der Waals surface area contributed by atoms with Gasteiger partial charge in [-0.05, 0) is 51.7 Å². The van der Waals surface area contributed by atoms with Gasteiger partial charge in [-0.2, -0.15) is 5.10 Å². The molecule has 4 rings (SSSR count). The van der Waals surface area contributed by atoms with E-state index in [1.54, 1.807) is 28.8 Å². The average molecular weight is 576 g/mol. The Morgan fingerprint density at radius 2 is 1.93 bits per heavy atom. The number of hydrogen-bond acceptors (Lipinski definition) is 7. The van der Waals surface area contributed by atoms with Gasteiger partial charge in [-0.3, -0.25) is 9.59 Å². The van der Waals surface area contributed by atoms with Crippen molar-refractivity contribution in [3.8, 4) is 5.75 Å². The number of nitrogens with zero attached hydrogens (tertiary/aromatic N) is 4. The van der Waals surface area contributed by atoms with E-state index in [0.29, 0.717) is 36.6 Å². The van der Waals surface area contributed by atoms with E-state index >= 15 is 0 Å². The molecule has 40 heavy (non-hydrogen) atoms. The first-order chi connectivity index (χ1) is 18.7. The number of aromatic nitrogens is 2. The third kappa shape index (κ3) is 7.08. The van der Waals surface area contributed by atoms with E-state index in [2.05, 4.69) is 29.2 Å². The van der Waals surface area contributed by atoms with E-state index in [-0.39, 0.29) is 31.5 Å². The van der Waals surface area contributed by atoms with Crippen LogP contribution in [0.5, 0.6) is 5.75 Å². The Bertz CT molecular complexity index is 1260. The number of para-hydroxylation sites is 2. The summed E-state index contributed by atoms with van der Waals surface area (Å²) in [6.45, 7) is 6.80. The first-order valence-corrected chi connectivity index (χ1v) is 16.4. The van der Waals surface area contributed by atoms with Crippen LogP contribution >= 0.6 is 10.0 Å². The van der Waals surface area contributed by atoms with Crippen molar-refractivity contribution in [1.29, 1.82) is 0 Å². The first-order valence-electron chi connectivity index (χ1n) is 13.3. The first kappa shape index (κ1) is 29.7. The van der Waals surface area contributed by atoms with Gasteiger partial charge in [0, 0.05) is 37.0 Å². The van der Waals surface area contributed by atoms with E-state index < -0.39 is 33.7 Å². The Balaban J connectivity index is 1.55. The molecule has 0 fully saturated rings. The van der Waals surface area contributed by atoms with Gasteiger partial charge in [0.25, 0.3) is 11.8 Å². The van der Waals surface area contributed by atoms with Gasteiger partial charge in [0.2, 0.25) is 0 Å². The summed E-state index contributed by atoms with van der Waals surface area (Å²) in [5.41, 5.74) is 1.60. The van der Waals surface area contributed by atoms with Crippen molar-refractivity contribution in [2.75, 3.05) is 56.2 Å². The molecule has 0 saturated carbocycles. The number of carbonyl (C=O) groups is 3. The number of fused-ring (bicyclic) bond motifs is 2. The summed E-state index contributed by atoms with van der Waals surface area (Å²) in [6, 6.07) is 6.32. The zero-order valence-corrected chi connectivity index (χ0v) is 25.3. The van der Waals surface area contributed by atoms with Crippen molar-refractivity contribution in [3.63, 3.8) is 0 Å². The van der Waals surface area contributed by atoms with Crippen LogP contribution in [-0.4, -0.2) is 95.6 Å². The van der Waals surface area contributed by atoms with Crippen molar-refractivity contribution >= 4 is 33.6 Å². The highest BCUT2D eigenvalue weighted by atomic mass is 32.3. The zero-order chi connectivity index (χ0) is 29.2. The van der Waals surface area contributed by atoms with E-state index in [9.17, 15) is 14.4 Å². The smallest absolute Gasteiger partial charge is 0.410 e. The molecule has 1 aromatic carbocycles. The minimum atomic E-state index is -0.915. The fourth-order valence-corrected chi connectivity index (χ4v) is 5.12. The summed E-state index contributed by atoms with van der Waals surface area (Å²) < 4.78 is 19.1. The second kappa shape index (κ2) is 11.7. The fraction of sp³-hybridized carbons (Fsp3) is 0.571. The van der Waals surface area contributed by atoms with E-state index in [1.165, 1.54) is 4.90 Å². The predicted octanol–water partition coefficient (Wildman–Crippen LogP) is 3.00. The van der Waals surface area contributed by atoms with E-state index in [1.807, 2.05) is 32.9 Å². The van der Waals surface area contributed by atoms with Gasteiger partial charge in [0.05, 0.1) is 18.8 Å². The molecular weight excluding hydrogens is 534 g/mol. The van der Waals surface area contributed by atoms with Crippen molar-refractivity contribution in [2.24, 2.45) is 0 Å². The molecule has 2 aliphatic rings. The molecule has 1 atom stereocenters. The number of rotatable bonds is 7. The van der Waals surface area contributed by atoms with Crippen LogP contribution in [0.1, 0.15) is 42.5 Å². The number of hydrogen-bond donors (Lipinski definition) is 1. The van der Waals surface area contributed by atoms with Gasteiger partial charge >= 0.3 is 6.09 Å².